The van der Waals surface area contributed by atoms with Crippen LogP contribution >= 0.6 is 0 Å². The fourth-order valence-electron chi connectivity index (χ4n) is 1.93. The quantitative estimate of drug-likeness (QED) is 0.820. The summed E-state index contributed by atoms with van der Waals surface area (Å²) in [6, 6.07) is 11.0. The highest BCUT2D eigenvalue weighted by molar-refractivity contribution is 5.96. The van der Waals surface area contributed by atoms with Gasteiger partial charge in [-0.25, -0.2) is 0 Å². The lowest BCUT2D eigenvalue weighted by Gasteiger charge is -2.12. The molecule has 0 spiro atoms. The number of carbonyl (C=O) groups excluding carboxylic acids is 1. The highest BCUT2D eigenvalue weighted by Gasteiger charge is 2.16. The summed E-state index contributed by atoms with van der Waals surface area (Å²) in [6.45, 7) is 0.889. The normalized spacial score (nSPS) is 10.3. The zero-order valence-electron chi connectivity index (χ0n) is 12.4. The van der Waals surface area contributed by atoms with Gasteiger partial charge in [0.25, 0.3) is 11.5 Å². The summed E-state index contributed by atoms with van der Waals surface area (Å²) < 4.78 is 6.99. The molecular formula is C16H19N3O3. The number of ether oxygens (including phenoxy) is 1. The van der Waals surface area contributed by atoms with Crippen LogP contribution in [0.4, 0.5) is 0 Å². The third kappa shape index (κ3) is 3.73. The fourth-order valence-corrected chi connectivity index (χ4v) is 1.93. The Morgan fingerprint density at radius 2 is 2.00 bits per heavy atom. The van der Waals surface area contributed by atoms with Crippen molar-refractivity contribution in [3.63, 3.8) is 0 Å². The molecule has 3 N–H and O–H groups in total. The summed E-state index contributed by atoms with van der Waals surface area (Å²) in [6.07, 6.45) is 1.54. The molecule has 0 aliphatic heterocycles. The molecule has 0 aliphatic carbocycles. The molecule has 2 aromatic rings. The van der Waals surface area contributed by atoms with Crippen LogP contribution in [0.25, 0.3) is 0 Å². The first kappa shape index (κ1) is 15.8. The smallest absolute Gasteiger partial charge is 0.293 e. The first-order valence-electron chi connectivity index (χ1n) is 6.98. The van der Waals surface area contributed by atoms with Crippen LogP contribution in [0.5, 0.6) is 5.75 Å². The van der Waals surface area contributed by atoms with Crippen molar-refractivity contribution in [3.05, 3.63) is 64.1 Å². The number of pyridine rings is 1. The Hall–Kier alpha value is -2.60. The molecule has 116 valence electrons. The molecule has 0 saturated carbocycles. The van der Waals surface area contributed by atoms with E-state index in [1.54, 1.807) is 13.1 Å². The second kappa shape index (κ2) is 7.42. The molecule has 0 saturated heterocycles. The molecule has 0 atom stereocenters. The predicted octanol–water partition coefficient (Wildman–Crippen LogP) is 0.653. The van der Waals surface area contributed by atoms with Crippen molar-refractivity contribution in [2.45, 2.75) is 6.61 Å². The van der Waals surface area contributed by atoms with Gasteiger partial charge in [0, 0.05) is 26.3 Å². The van der Waals surface area contributed by atoms with E-state index in [4.69, 9.17) is 10.5 Å². The molecule has 2 rings (SSSR count). The largest absolute Gasteiger partial charge is 0.482 e. The van der Waals surface area contributed by atoms with Crippen LogP contribution in [0.2, 0.25) is 0 Å². The minimum Gasteiger partial charge on any atom is -0.482 e. The lowest BCUT2D eigenvalue weighted by molar-refractivity contribution is 0.0949. The van der Waals surface area contributed by atoms with Crippen LogP contribution in [0.3, 0.4) is 0 Å². The van der Waals surface area contributed by atoms with E-state index >= 15 is 0 Å². The highest BCUT2D eigenvalue weighted by Crippen LogP contribution is 2.14. The van der Waals surface area contributed by atoms with Gasteiger partial charge in [-0.15, -0.1) is 0 Å². The van der Waals surface area contributed by atoms with Gasteiger partial charge in [0.15, 0.2) is 5.75 Å². The van der Waals surface area contributed by atoms with Gasteiger partial charge in [0.2, 0.25) is 0 Å². The maximum absolute atomic E-state index is 12.2. The second-order valence-corrected chi connectivity index (χ2v) is 4.79. The number of carbonyl (C=O) groups is 1. The van der Waals surface area contributed by atoms with Crippen molar-refractivity contribution in [1.29, 1.82) is 0 Å². The van der Waals surface area contributed by atoms with Gasteiger partial charge >= 0.3 is 0 Å². The van der Waals surface area contributed by atoms with E-state index in [9.17, 15) is 9.59 Å². The zero-order chi connectivity index (χ0) is 15.9. The predicted molar refractivity (Wildman–Crippen MR) is 83.8 cm³/mol. The number of aryl methyl sites for hydroxylation is 1. The summed E-state index contributed by atoms with van der Waals surface area (Å²) in [5.41, 5.74) is 6.15. The first-order chi connectivity index (χ1) is 10.6. The van der Waals surface area contributed by atoms with Crippen molar-refractivity contribution in [1.82, 2.24) is 9.88 Å². The van der Waals surface area contributed by atoms with E-state index in [2.05, 4.69) is 5.32 Å². The minimum atomic E-state index is -0.369. The number of benzene rings is 1. The summed E-state index contributed by atoms with van der Waals surface area (Å²) in [7, 11) is 1.61. The van der Waals surface area contributed by atoms with Crippen molar-refractivity contribution >= 4 is 5.91 Å². The molecule has 6 nitrogen and oxygen atoms in total. The van der Waals surface area contributed by atoms with Gasteiger partial charge in [-0.3, -0.25) is 9.59 Å². The average Bonchev–Trinajstić information content (AvgIpc) is 2.55. The summed E-state index contributed by atoms with van der Waals surface area (Å²) >= 11 is 0. The zero-order valence-corrected chi connectivity index (χ0v) is 12.4. The lowest BCUT2D eigenvalue weighted by atomic mass is 10.2. The fraction of sp³-hybridized carbons (Fsp3) is 0.250. The van der Waals surface area contributed by atoms with Crippen molar-refractivity contribution in [3.8, 4) is 5.75 Å². The maximum atomic E-state index is 12.2. The molecule has 0 bridgehead atoms. The summed E-state index contributed by atoms with van der Waals surface area (Å²) in [5, 5.41) is 2.64. The van der Waals surface area contributed by atoms with Crippen LogP contribution in [-0.4, -0.2) is 23.6 Å². The van der Waals surface area contributed by atoms with E-state index in [1.807, 2.05) is 30.3 Å². The average molecular weight is 301 g/mol. The monoisotopic (exact) mass is 301 g/mol. The Morgan fingerprint density at radius 1 is 1.27 bits per heavy atom. The Morgan fingerprint density at radius 3 is 2.68 bits per heavy atom. The van der Waals surface area contributed by atoms with Crippen molar-refractivity contribution in [2.24, 2.45) is 12.8 Å². The van der Waals surface area contributed by atoms with Crippen LogP contribution in [0.1, 0.15) is 15.9 Å². The topological polar surface area (TPSA) is 86.3 Å². The summed E-state index contributed by atoms with van der Waals surface area (Å²) in [5.74, 6) is -0.324. The second-order valence-electron chi connectivity index (χ2n) is 4.79. The molecule has 22 heavy (non-hydrogen) atoms. The van der Waals surface area contributed by atoms with Crippen LogP contribution in [0, 0.1) is 0 Å². The lowest BCUT2D eigenvalue weighted by Crippen LogP contribution is -2.31. The van der Waals surface area contributed by atoms with E-state index in [0.29, 0.717) is 13.1 Å². The molecule has 1 amide bonds. The molecule has 0 unspecified atom stereocenters. The summed E-state index contributed by atoms with van der Waals surface area (Å²) in [4.78, 5) is 24.3. The minimum absolute atomic E-state index is 0.0448. The SMILES string of the molecule is Cn1ccc(C(=O)NCCN)c(OCc2ccccc2)c1=O. The molecule has 0 radical (unpaired) electrons. The van der Waals surface area contributed by atoms with Crippen LogP contribution in [-0.2, 0) is 13.7 Å². The van der Waals surface area contributed by atoms with Gasteiger partial charge in [0.1, 0.15) is 6.61 Å². The van der Waals surface area contributed by atoms with Gasteiger partial charge in [-0.05, 0) is 11.6 Å². The standard InChI is InChI=1S/C16H19N3O3/c1-19-10-7-13(15(20)18-9-8-17)14(16(19)21)22-11-12-5-3-2-4-6-12/h2-7,10H,8-9,11,17H2,1H3,(H,18,20). The number of hydrogen-bond acceptors (Lipinski definition) is 4. The van der Waals surface area contributed by atoms with Crippen molar-refractivity contribution < 1.29 is 9.53 Å². The molecule has 1 aromatic carbocycles. The number of rotatable bonds is 6. The van der Waals surface area contributed by atoms with E-state index in [1.165, 1.54) is 10.8 Å². The van der Waals surface area contributed by atoms with Crippen LogP contribution in [0.15, 0.2) is 47.4 Å². The third-order valence-electron chi connectivity index (χ3n) is 3.12. The third-order valence-corrected chi connectivity index (χ3v) is 3.12. The van der Waals surface area contributed by atoms with Gasteiger partial charge in [-0.2, -0.15) is 0 Å². The Labute approximate surface area is 128 Å². The van der Waals surface area contributed by atoms with E-state index in [-0.39, 0.29) is 29.4 Å². The first-order valence-corrected chi connectivity index (χ1v) is 6.98. The Balaban J connectivity index is 2.25. The number of hydrogen-bond donors (Lipinski definition) is 2. The number of amides is 1. The highest BCUT2D eigenvalue weighted by atomic mass is 16.5. The number of nitrogens with two attached hydrogens (primary N) is 1. The molecule has 1 aromatic heterocycles. The molecule has 0 fully saturated rings. The number of nitrogens with zero attached hydrogens (tertiary/aromatic N) is 1. The van der Waals surface area contributed by atoms with E-state index < -0.39 is 0 Å². The number of aromatic nitrogens is 1. The van der Waals surface area contributed by atoms with Crippen LogP contribution < -0.4 is 21.3 Å². The number of nitrogens with one attached hydrogen (secondary N) is 1. The molecule has 6 heteroatoms. The van der Waals surface area contributed by atoms with Gasteiger partial charge in [0.05, 0.1) is 5.56 Å². The van der Waals surface area contributed by atoms with Gasteiger partial charge in [-0.1, -0.05) is 30.3 Å². The molecule has 0 aliphatic rings. The van der Waals surface area contributed by atoms with Gasteiger partial charge < -0.3 is 20.4 Å². The Bertz CT molecular complexity index is 696. The Kier molecular flexibility index (Phi) is 5.32. The molecular weight excluding hydrogens is 282 g/mol. The van der Waals surface area contributed by atoms with E-state index in [0.717, 1.165) is 5.56 Å². The maximum Gasteiger partial charge on any atom is 0.293 e. The molecule has 1 heterocycles. The van der Waals surface area contributed by atoms with Crippen molar-refractivity contribution in [2.75, 3.05) is 13.1 Å².